The molecule has 1 amide bonds. The number of halogens is 2. The standard InChI is InChI=1S/C17H14F2N4OS/c1-10-3-2-4-11(7-10)16-21-22-17(25)23(16)9-15(24)20-14-6-5-12(18)8-13(14)19/h2-8H,9H2,1H3,(H,20,24)(H,22,25). The Kier molecular flexibility index (Phi) is 4.71. The van der Waals surface area contributed by atoms with Crippen LogP contribution in [0.1, 0.15) is 5.56 Å². The number of nitrogens with one attached hydrogen (secondary N) is 2. The first kappa shape index (κ1) is 17.0. The van der Waals surface area contributed by atoms with E-state index in [1.54, 1.807) is 0 Å². The SMILES string of the molecule is Cc1cccc(-c2n[nH]c(=S)n2CC(=O)Nc2ccc(F)cc2F)c1. The maximum absolute atomic E-state index is 13.7. The molecule has 1 aromatic heterocycles. The second-order valence-corrected chi connectivity index (χ2v) is 5.87. The van der Waals surface area contributed by atoms with Crippen LogP contribution in [-0.4, -0.2) is 20.7 Å². The third-order valence-electron chi connectivity index (χ3n) is 3.54. The van der Waals surface area contributed by atoms with Gasteiger partial charge in [0.05, 0.1) is 5.69 Å². The molecular formula is C17H14F2N4OS. The Hall–Kier alpha value is -2.87. The third-order valence-corrected chi connectivity index (χ3v) is 3.85. The highest BCUT2D eigenvalue weighted by atomic mass is 32.1. The summed E-state index contributed by atoms with van der Waals surface area (Å²) in [6.45, 7) is 1.79. The van der Waals surface area contributed by atoms with Crippen LogP contribution >= 0.6 is 12.2 Å². The number of aromatic nitrogens is 3. The number of benzene rings is 2. The van der Waals surface area contributed by atoms with Gasteiger partial charge in [0.2, 0.25) is 5.91 Å². The van der Waals surface area contributed by atoms with Gasteiger partial charge in [-0.3, -0.25) is 14.5 Å². The summed E-state index contributed by atoms with van der Waals surface area (Å²) in [6.07, 6.45) is 0. The molecule has 0 atom stereocenters. The second-order valence-electron chi connectivity index (χ2n) is 5.48. The van der Waals surface area contributed by atoms with E-state index in [-0.39, 0.29) is 17.0 Å². The van der Waals surface area contributed by atoms with Crippen LogP contribution in [0.5, 0.6) is 0 Å². The van der Waals surface area contributed by atoms with Gasteiger partial charge < -0.3 is 5.32 Å². The van der Waals surface area contributed by atoms with Crippen molar-refractivity contribution >= 4 is 23.8 Å². The molecular weight excluding hydrogens is 346 g/mol. The van der Waals surface area contributed by atoms with Crippen LogP contribution in [0.15, 0.2) is 42.5 Å². The molecule has 0 saturated heterocycles. The molecule has 5 nitrogen and oxygen atoms in total. The molecule has 0 spiro atoms. The molecule has 1 heterocycles. The summed E-state index contributed by atoms with van der Waals surface area (Å²) >= 11 is 5.17. The average molecular weight is 360 g/mol. The Morgan fingerprint density at radius 3 is 2.80 bits per heavy atom. The topological polar surface area (TPSA) is 62.7 Å². The molecule has 2 aromatic carbocycles. The number of carbonyl (C=O) groups excluding carboxylic acids is 1. The van der Waals surface area contributed by atoms with Gasteiger partial charge in [-0.2, -0.15) is 5.10 Å². The predicted molar refractivity (Wildman–Crippen MR) is 92.6 cm³/mol. The van der Waals surface area contributed by atoms with Crippen molar-refractivity contribution in [2.75, 3.05) is 5.32 Å². The van der Waals surface area contributed by atoms with Crippen LogP contribution in [0.3, 0.4) is 0 Å². The minimum absolute atomic E-state index is 0.0986. The molecule has 0 fully saturated rings. The highest BCUT2D eigenvalue weighted by molar-refractivity contribution is 7.71. The van der Waals surface area contributed by atoms with Crippen molar-refractivity contribution in [2.24, 2.45) is 0 Å². The molecule has 25 heavy (non-hydrogen) atoms. The first-order valence-electron chi connectivity index (χ1n) is 7.41. The molecule has 0 bridgehead atoms. The summed E-state index contributed by atoms with van der Waals surface area (Å²) in [5.74, 6) is -1.56. The van der Waals surface area contributed by atoms with Crippen LogP contribution in [0.4, 0.5) is 14.5 Å². The Morgan fingerprint density at radius 1 is 1.28 bits per heavy atom. The molecule has 3 aromatic rings. The van der Waals surface area contributed by atoms with Gasteiger partial charge in [-0.25, -0.2) is 8.78 Å². The lowest BCUT2D eigenvalue weighted by Crippen LogP contribution is -2.20. The molecule has 0 unspecified atom stereocenters. The number of carbonyl (C=O) groups is 1. The third kappa shape index (κ3) is 3.80. The molecule has 0 saturated carbocycles. The molecule has 3 rings (SSSR count). The quantitative estimate of drug-likeness (QED) is 0.695. The molecule has 8 heteroatoms. The van der Waals surface area contributed by atoms with E-state index in [0.29, 0.717) is 11.9 Å². The maximum Gasteiger partial charge on any atom is 0.244 e. The molecule has 0 aliphatic heterocycles. The molecule has 0 aliphatic carbocycles. The highest BCUT2D eigenvalue weighted by Gasteiger charge is 2.14. The zero-order chi connectivity index (χ0) is 18.0. The van der Waals surface area contributed by atoms with Gasteiger partial charge in [0.15, 0.2) is 10.6 Å². The Labute approximate surface area is 147 Å². The number of hydrogen-bond acceptors (Lipinski definition) is 3. The first-order chi connectivity index (χ1) is 11.9. The monoisotopic (exact) mass is 360 g/mol. The van der Waals surface area contributed by atoms with Crippen molar-refractivity contribution in [3.05, 3.63) is 64.4 Å². The maximum atomic E-state index is 13.7. The van der Waals surface area contributed by atoms with Crippen LogP contribution in [0, 0.1) is 23.3 Å². The molecule has 0 radical (unpaired) electrons. The highest BCUT2D eigenvalue weighted by Crippen LogP contribution is 2.19. The van der Waals surface area contributed by atoms with Crippen molar-refractivity contribution in [3.8, 4) is 11.4 Å². The zero-order valence-electron chi connectivity index (χ0n) is 13.2. The van der Waals surface area contributed by atoms with E-state index in [1.807, 2.05) is 31.2 Å². The van der Waals surface area contributed by atoms with Crippen molar-refractivity contribution in [2.45, 2.75) is 13.5 Å². The normalized spacial score (nSPS) is 10.7. The lowest BCUT2D eigenvalue weighted by Gasteiger charge is -2.09. The van der Waals surface area contributed by atoms with E-state index in [9.17, 15) is 13.6 Å². The van der Waals surface area contributed by atoms with Gasteiger partial charge >= 0.3 is 0 Å². The number of H-pyrrole nitrogens is 1. The number of aryl methyl sites for hydroxylation is 1. The van der Waals surface area contributed by atoms with Gasteiger partial charge in [0, 0.05) is 11.6 Å². The van der Waals surface area contributed by atoms with E-state index in [4.69, 9.17) is 12.2 Å². The van der Waals surface area contributed by atoms with Gasteiger partial charge in [-0.1, -0.05) is 23.8 Å². The number of nitrogens with zero attached hydrogens (tertiary/aromatic N) is 2. The zero-order valence-corrected chi connectivity index (χ0v) is 14.0. The Morgan fingerprint density at radius 2 is 2.08 bits per heavy atom. The van der Waals surface area contributed by atoms with Crippen LogP contribution in [0.25, 0.3) is 11.4 Å². The van der Waals surface area contributed by atoms with Gasteiger partial charge in [0.25, 0.3) is 0 Å². The van der Waals surface area contributed by atoms with E-state index < -0.39 is 17.5 Å². The van der Waals surface area contributed by atoms with Crippen LogP contribution < -0.4 is 5.32 Å². The van der Waals surface area contributed by atoms with Gasteiger partial charge in [0.1, 0.15) is 18.2 Å². The minimum Gasteiger partial charge on any atom is -0.322 e. The molecule has 128 valence electrons. The smallest absolute Gasteiger partial charge is 0.244 e. The minimum atomic E-state index is -0.844. The predicted octanol–water partition coefficient (Wildman–Crippen LogP) is 3.83. The van der Waals surface area contributed by atoms with Crippen molar-refractivity contribution in [1.29, 1.82) is 0 Å². The second kappa shape index (κ2) is 6.94. The summed E-state index contributed by atoms with van der Waals surface area (Å²) in [4.78, 5) is 12.2. The van der Waals surface area contributed by atoms with Crippen LogP contribution in [-0.2, 0) is 11.3 Å². The number of amides is 1. The fourth-order valence-electron chi connectivity index (χ4n) is 2.39. The van der Waals surface area contributed by atoms with E-state index in [0.717, 1.165) is 17.2 Å². The lowest BCUT2D eigenvalue weighted by atomic mass is 10.1. The van der Waals surface area contributed by atoms with Crippen molar-refractivity contribution in [1.82, 2.24) is 14.8 Å². The van der Waals surface area contributed by atoms with Gasteiger partial charge in [-0.15, -0.1) is 0 Å². The molecule has 0 aliphatic rings. The number of hydrogen-bond donors (Lipinski definition) is 2. The first-order valence-corrected chi connectivity index (χ1v) is 7.82. The largest absolute Gasteiger partial charge is 0.322 e. The van der Waals surface area contributed by atoms with E-state index in [2.05, 4.69) is 15.5 Å². The summed E-state index contributed by atoms with van der Waals surface area (Å²) < 4.78 is 28.4. The van der Waals surface area contributed by atoms with E-state index >= 15 is 0 Å². The summed E-state index contributed by atoms with van der Waals surface area (Å²) in [6, 6.07) is 10.5. The number of rotatable bonds is 4. The van der Waals surface area contributed by atoms with Crippen molar-refractivity contribution in [3.63, 3.8) is 0 Å². The molecule has 2 N–H and O–H groups in total. The fraction of sp³-hybridized carbons (Fsp3) is 0.118. The average Bonchev–Trinajstić information content (AvgIpc) is 2.91. The van der Waals surface area contributed by atoms with E-state index in [1.165, 1.54) is 10.6 Å². The summed E-state index contributed by atoms with van der Waals surface area (Å²) in [5.41, 5.74) is 1.74. The summed E-state index contributed by atoms with van der Waals surface area (Å²) in [5, 5.41) is 9.22. The Balaban J connectivity index is 1.84. The van der Waals surface area contributed by atoms with Crippen molar-refractivity contribution < 1.29 is 13.6 Å². The number of aromatic amines is 1. The number of anilines is 1. The lowest BCUT2D eigenvalue weighted by molar-refractivity contribution is -0.116. The summed E-state index contributed by atoms with van der Waals surface area (Å²) in [7, 11) is 0. The Bertz CT molecular complexity index is 996. The fourth-order valence-corrected chi connectivity index (χ4v) is 2.59. The van der Waals surface area contributed by atoms with Gasteiger partial charge in [-0.05, 0) is 37.3 Å². The van der Waals surface area contributed by atoms with Crippen LogP contribution in [0.2, 0.25) is 0 Å².